The van der Waals surface area contributed by atoms with Crippen LogP contribution in [0.2, 0.25) is 0 Å². The molecule has 0 aromatic carbocycles. The van der Waals surface area contributed by atoms with E-state index in [0.717, 1.165) is 25.3 Å². The van der Waals surface area contributed by atoms with Crippen molar-refractivity contribution in [3.8, 4) is 0 Å². The van der Waals surface area contributed by atoms with E-state index < -0.39 is 11.6 Å². The van der Waals surface area contributed by atoms with Gasteiger partial charge in [0.2, 0.25) is 0 Å². The maximum Gasteiger partial charge on any atom is 0.168 e. The van der Waals surface area contributed by atoms with Gasteiger partial charge in [-0.3, -0.25) is 0 Å². The smallest absolute Gasteiger partial charge is 0.168 e. The Balaban J connectivity index is 2.31. The van der Waals surface area contributed by atoms with Crippen LogP contribution in [0.1, 0.15) is 19.3 Å². The van der Waals surface area contributed by atoms with Gasteiger partial charge in [0.1, 0.15) is 0 Å². The van der Waals surface area contributed by atoms with Gasteiger partial charge in [0, 0.05) is 26.2 Å². The fourth-order valence-electron chi connectivity index (χ4n) is 1.83. The first-order valence-corrected chi connectivity index (χ1v) is 5.40. The summed E-state index contributed by atoms with van der Waals surface area (Å²) in [5.74, 6) is -0.963. The van der Waals surface area contributed by atoms with Crippen molar-refractivity contribution in [2.45, 2.75) is 25.3 Å². The predicted octanol–water partition coefficient (Wildman–Crippen LogP) is 2.39. The summed E-state index contributed by atoms with van der Waals surface area (Å²) < 4.78 is 26.8. The minimum absolute atomic E-state index is 0.0857. The monoisotopic (exact) mass is 227 g/mol. The molecule has 1 N–H and O–H groups in total. The van der Waals surface area contributed by atoms with Crippen molar-refractivity contribution in [3.63, 3.8) is 0 Å². The molecule has 1 aromatic heterocycles. The zero-order valence-electron chi connectivity index (χ0n) is 9.43. The van der Waals surface area contributed by atoms with Gasteiger partial charge in [-0.25, -0.2) is 13.8 Å². The van der Waals surface area contributed by atoms with E-state index in [1.54, 1.807) is 19.0 Å². The SMILES string of the molecule is CNc1nc(N(C)C2CCC2)c(F)cc1F. The van der Waals surface area contributed by atoms with Crippen molar-refractivity contribution in [1.29, 1.82) is 0 Å². The van der Waals surface area contributed by atoms with Crippen molar-refractivity contribution < 1.29 is 8.78 Å². The van der Waals surface area contributed by atoms with E-state index in [1.807, 2.05) is 0 Å². The molecule has 3 nitrogen and oxygen atoms in total. The Morgan fingerprint density at radius 3 is 2.56 bits per heavy atom. The summed E-state index contributed by atoms with van der Waals surface area (Å²) in [5, 5.41) is 2.61. The summed E-state index contributed by atoms with van der Waals surface area (Å²) in [4.78, 5) is 5.75. The highest BCUT2D eigenvalue weighted by Crippen LogP contribution is 2.30. The molecule has 0 bridgehead atoms. The Morgan fingerprint density at radius 2 is 2.06 bits per heavy atom. The molecule has 0 saturated heterocycles. The number of nitrogens with zero attached hydrogens (tertiary/aromatic N) is 2. The van der Waals surface area contributed by atoms with Crippen LogP contribution < -0.4 is 10.2 Å². The standard InChI is InChI=1S/C11H15F2N3/c1-14-10-8(12)6-9(13)11(15-10)16(2)7-4-3-5-7/h6-7H,3-5H2,1-2H3,(H,14,15). The van der Waals surface area contributed by atoms with Gasteiger partial charge in [0.25, 0.3) is 0 Å². The second kappa shape index (κ2) is 4.23. The molecule has 0 atom stereocenters. The molecule has 1 heterocycles. The molecule has 88 valence electrons. The summed E-state index contributed by atoms with van der Waals surface area (Å²) in [5.41, 5.74) is 0. The van der Waals surface area contributed by atoms with Crippen molar-refractivity contribution in [2.24, 2.45) is 0 Å². The number of hydrogen-bond acceptors (Lipinski definition) is 3. The number of aromatic nitrogens is 1. The van der Waals surface area contributed by atoms with Gasteiger partial charge in [-0.2, -0.15) is 0 Å². The summed E-state index contributed by atoms with van der Waals surface area (Å²) >= 11 is 0. The summed E-state index contributed by atoms with van der Waals surface area (Å²) in [6, 6.07) is 1.21. The van der Waals surface area contributed by atoms with Crippen molar-refractivity contribution >= 4 is 11.6 Å². The molecule has 1 aliphatic rings. The highest BCUT2D eigenvalue weighted by molar-refractivity contribution is 5.49. The van der Waals surface area contributed by atoms with Crippen LogP contribution in [0.3, 0.4) is 0 Å². The van der Waals surface area contributed by atoms with Crippen molar-refractivity contribution in [3.05, 3.63) is 17.7 Å². The number of nitrogens with one attached hydrogen (secondary N) is 1. The molecule has 0 radical (unpaired) electrons. The maximum atomic E-state index is 13.6. The maximum absolute atomic E-state index is 13.6. The van der Waals surface area contributed by atoms with E-state index in [9.17, 15) is 8.78 Å². The average molecular weight is 227 g/mol. The van der Waals surface area contributed by atoms with Gasteiger partial charge >= 0.3 is 0 Å². The molecular weight excluding hydrogens is 212 g/mol. The van der Waals surface area contributed by atoms with Crippen LogP contribution in [0.15, 0.2) is 6.07 Å². The third-order valence-corrected chi connectivity index (χ3v) is 3.10. The fourth-order valence-corrected chi connectivity index (χ4v) is 1.83. The molecule has 16 heavy (non-hydrogen) atoms. The van der Waals surface area contributed by atoms with Crippen LogP contribution >= 0.6 is 0 Å². The van der Waals surface area contributed by atoms with Crippen molar-refractivity contribution in [1.82, 2.24) is 4.98 Å². The lowest BCUT2D eigenvalue weighted by Gasteiger charge is -2.35. The molecule has 2 rings (SSSR count). The first-order valence-electron chi connectivity index (χ1n) is 5.40. The molecule has 1 fully saturated rings. The van der Waals surface area contributed by atoms with Crippen LogP contribution in [0.25, 0.3) is 0 Å². The number of halogens is 2. The quantitative estimate of drug-likeness (QED) is 0.859. The molecular formula is C11H15F2N3. The highest BCUT2D eigenvalue weighted by Gasteiger charge is 2.25. The Kier molecular flexibility index (Phi) is 2.94. The van der Waals surface area contributed by atoms with Crippen LogP contribution in [-0.4, -0.2) is 25.1 Å². The second-order valence-electron chi connectivity index (χ2n) is 4.07. The molecule has 5 heteroatoms. The van der Waals surface area contributed by atoms with E-state index in [2.05, 4.69) is 10.3 Å². The Bertz CT molecular complexity index is 391. The number of hydrogen-bond donors (Lipinski definition) is 1. The van der Waals surface area contributed by atoms with Gasteiger partial charge in [0.15, 0.2) is 23.3 Å². The van der Waals surface area contributed by atoms with Crippen LogP contribution in [0, 0.1) is 11.6 Å². The van der Waals surface area contributed by atoms with Crippen LogP contribution in [0.5, 0.6) is 0 Å². The fraction of sp³-hybridized carbons (Fsp3) is 0.545. The van der Waals surface area contributed by atoms with E-state index in [1.165, 1.54) is 0 Å². The largest absolute Gasteiger partial charge is 0.371 e. The number of rotatable bonds is 3. The van der Waals surface area contributed by atoms with Gasteiger partial charge in [0.05, 0.1) is 0 Å². The minimum atomic E-state index is -0.661. The Labute approximate surface area is 93.5 Å². The molecule has 0 spiro atoms. The van der Waals surface area contributed by atoms with Gasteiger partial charge in [-0.1, -0.05) is 0 Å². The second-order valence-corrected chi connectivity index (χ2v) is 4.07. The number of pyridine rings is 1. The summed E-state index contributed by atoms with van der Waals surface area (Å²) in [6.45, 7) is 0. The lowest BCUT2D eigenvalue weighted by Crippen LogP contribution is -2.38. The third-order valence-electron chi connectivity index (χ3n) is 3.10. The predicted molar refractivity (Wildman–Crippen MR) is 59.7 cm³/mol. The van der Waals surface area contributed by atoms with E-state index in [-0.39, 0.29) is 11.6 Å². The topological polar surface area (TPSA) is 28.2 Å². The lowest BCUT2D eigenvalue weighted by molar-refractivity contribution is 0.395. The Morgan fingerprint density at radius 1 is 1.38 bits per heavy atom. The van der Waals surface area contributed by atoms with E-state index in [4.69, 9.17) is 0 Å². The van der Waals surface area contributed by atoms with E-state index in [0.29, 0.717) is 6.04 Å². The zero-order chi connectivity index (χ0) is 11.7. The summed E-state index contributed by atoms with van der Waals surface area (Å²) in [6.07, 6.45) is 3.25. The zero-order valence-corrected chi connectivity index (χ0v) is 9.43. The van der Waals surface area contributed by atoms with Crippen LogP contribution in [0.4, 0.5) is 20.4 Å². The molecule has 1 saturated carbocycles. The van der Waals surface area contributed by atoms with E-state index >= 15 is 0 Å². The molecule has 1 aliphatic carbocycles. The number of anilines is 2. The highest BCUT2D eigenvalue weighted by atomic mass is 19.1. The third kappa shape index (κ3) is 1.81. The summed E-state index contributed by atoms with van der Waals surface area (Å²) in [7, 11) is 3.36. The average Bonchev–Trinajstić information content (AvgIpc) is 2.15. The Hall–Kier alpha value is -1.39. The molecule has 1 aromatic rings. The molecule has 0 aliphatic heterocycles. The van der Waals surface area contributed by atoms with Gasteiger partial charge in [-0.05, 0) is 19.3 Å². The van der Waals surface area contributed by atoms with Crippen LogP contribution in [-0.2, 0) is 0 Å². The first-order chi connectivity index (χ1) is 7.63. The van der Waals surface area contributed by atoms with Gasteiger partial charge < -0.3 is 10.2 Å². The first kappa shape index (κ1) is 11.1. The van der Waals surface area contributed by atoms with Gasteiger partial charge in [-0.15, -0.1) is 0 Å². The lowest BCUT2D eigenvalue weighted by atomic mass is 9.92. The van der Waals surface area contributed by atoms with Crippen molar-refractivity contribution in [2.75, 3.05) is 24.3 Å². The molecule has 0 unspecified atom stereocenters. The normalized spacial score (nSPS) is 15.8. The molecule has 0 amide bonds. The minimum Gasteiger partial charge on any atom is -0.371 e.